The molecule has 0 spiro atoms. The third-order valence-electron chi connectivity index (χ3n) is 4.31. The van der Waals surface area contributed by atoms with Gasteiger partial charge in [-0.05, 0) is 30.9 Å². The smallest absolute Gasteiger partial charge is 0.309 e. The van der Waals surface area contributed by atoms with E-state index in [1.807, 2.05) is 24.3 Å². The lowest BCUT2D eigenvalue weighted by Gasteiger charge is -2.31. The van der Waals surface area contributed by atoms with Crippen molar-refractivity contribution in [2.75, 3.05) is 19.6 Å². The van der Waals surface area contributed by atoms with Crippen LogP contribution in [0.15, 0.2) is 34.7 Å². The van der Waals surface area contributed by atoms with Gasteiger partial charge in [0.15, 0.2) is 5.76 Å². The predicted octanol–water partition coefficient (Wildman–Crippen LogP) is 0.887. The SMILES string of the molecule is NC(=O)C(=O)NCC1CCN(C(=O)c2cc3ccccc3o2)CC1. The number of furan rings is 1. The summed E-state index contributed by atoms with van der Waals surface area (Å²) in [6, 6.07) is 9.27. The Morgan fingerprint density at radius 2 is 1.92 bits per heavy atom. The highest BCUT2D eigenvalue weighted by molar-refractivity contribution is 6.34. The molecule has 0 aliphatic carbocycles. The molecule has 1 fully saturated rings. The van der Waals surface area contributed by atoms with Crippen LogP contribution in [0.2, 0.25) is 0 Å². The first-order valence-corrected chi connectivity index (χ1v) is 7.90. The number of amides is 3. The molecule has 126 valence electrons. The van der Waals surface area contributed by atoms with Crippen LogP contribution in [0, 0.1) is 5.92 Å². The summed E-state index contributed by atoms with van der Waals surface area (Å²) < 4.78 is 5.62. The van der Waals surface area contributed by atoms with Crippen LogP contribution in [-0.4, -0.2) is 42.3 Å². The lowest BCUT2D eigenvalue weighted by molar-refractivity contribution is -0.137. The van der Waals surface area contributed by atoms with E-state index in [9.17, 15) is 14.4 Å². The van der Waals surface area contributed by atoms with Crippen LogP contribution < -0.4 is 11.1 Å². The summed E-state index contributed by atoms with van der Waals surface area (Å²) in [4.78, 5) is 36.1. The third kappa shape index (κ3) is 3.40. The van der Waals surface area contributed by atoms with E-state index in [0.29, 0.717) is 31.0 Å². The second kappa shape index (κ2) is 6.74. The summed E-state index contributed by atoms with van der Waals surface area (Å²) in [5.41, 5.74) is 5.59. The number of para-hydroxylation sites is 1. The lowest BCUT2D eigenvalue weighted by atomic mass is 9.96. The van der Waals surface area contributed by atoms with Crippen molar-refractivity contribution in [3.05, 3.63) is 36.1 Å². The Morgan fingerprint density at radius 3 is 2.58 bits per heavy atom. The Morgan fingerprint density at radius 1 is 1.21 bits per heavy atom. The van der Waals surface area contributed by atoms with E-state index < -0.39 is 11.8 Å². The van der Waals surface area contributed by atoms with E-state index in [4.69, 9.17) is 10.2 Å². The number of benzene rings is 1. The minimum atomic E-state index is -0.979. The van der Waals surface area contributed by atoms with Gasteiger partial charge in [-0.3, -0.25) is 14.4 Å². The fraction of sp³-hybridized carbons (Fsp3) is 0.353. The molecule has 0 atom stereocenters. The van der Waals surface area contributed by atoms with Gasteiger partial charge in [0.25, 0.3) is 5.91 Å². The molecule has 1 saturated heterocycles. The number of carbonyl (C=O) groups is 3. The second-order valence-electron chi connectivity index (χ2n) is 5.96. The summed E-state index contributed by atoms with van der Waals surface area (Å²) in [5, 5.41) is 3.42. The Kier molecular flexibility index (Phi) is 4.50. The molecule has 3 amide bonds. The van der Waals surface area contributed by atoms with Gasteiger partial charge in [0.1, 0.15) is 5.58 Å². The van der Waals surface area contributed by atoms with Gasteiger partial charge in [0.05, 0.1) is 0 Å². The van der Waals surface area contributed by atoms with E-state index in [2.05, 4.69) is 5.32 Å². The largest absolute Gasteiger partial charge is 0.451 e. The molecule has 24 heavy (non-hydrogen) atoms. The maximum atomic E-state index is 12.5. The molecule has 1 aliphatic heterocycles. The molecule has 7 heteroatoms. The average molecular weight is 329 g/mol. The first-order chi connectivity index (χ1) is 11.5. The van der Waals surface area contributed by atoms with Crippen LogP contribution in [-0.2, 0) is 9.59 Å². The number of rotatable bonds is 3. The molecular weight excluding hydrogens is 310 g/mol. The minimum Gasteiger partial charge on any atom is -0.451 e. The van der Waals surface area contributed by atoms with Crippen LogP contribution in [0.25, 0.3) is 11.0 Å². The van der Waals surface area contributed by atoms with Crippen LogP contribution in [0.4, 0.5) is 0 Å². The molecule has 0 radical (unpaired) electrons. The topological polar surface area (TPSA) is 106 Å². The van der Waals surface area contributed by atoms with Crippen LogP contribution in [0.5, 0.6) is 0 Å². The van der Waals surface area contributed by atoms with Crippen molar-refractivity contribution >= 4 is 28.7 Å². The molecule has 3 rings (SSSR count). The van der Waals surface area contributed by atoms with Crippen LogP contribution in [0.1, 0.15) is 23.4 Å². The molecule has 1 aromatic carbocycles. The Bertz CT molecular complexity index is 742. The third-order valence-corrected chi connectivity index (χ3v) is 4.31. The highest BCUT2D eigenvalue weighted by atomic mass is 16.3. The zero-order chi connectivity index (χ0) is 17.1. The van der Waals surface area contributed by atoms with Crippen molar-refractivity contribution in [1.29, 1.82) is 0 Å². The normalized spacial score (nSPS) is 15.4. The second-order valence-corrected chi connectivity index (χ2v) is 5.96. The molecular formula is C17H19N3O4. The van der Waals surface area contributed by atoms with Crippen molar-refractivity contribution in [2.45, 2.75) is 12.8 Å². The summed E-state index contributed by atoms with van der Waals surface area (Å²) in [6.45, 7) is 1.58. The van der Waals surface area contributed by atoms with E-state index in [1.54, 1.807) is 11.0 Å². The van der Waals surface area contributed by atoms with Crippen molar-refractivity contribution in [1.82, 2.24) is 10.2 Å². The number of nitrogens with two attached hydrogens (primary N) is 1. The van der Waals surface area contributed by atoms with Crippen molar-refractivity contribution in [3.63, 3.8) is 0 Å². The molecule has 1 aliphatic rings. The Hall–Kier alpha value is -2.83. The fourth-order valence-corrected chi connectivity index (χ4v) is 2.91. The molecule has 3 N–H and O–H groups in total. The molecule has 0 bridgehead atoms. The molecule has 2 aromatic rings. The highest BCUT2D eigenvalue weighted by Crippen LogP contribution is 2.23. The Labute approximate surface area is 138 Å². The highest BCUT2D eigenvalue weighted by Gasteiger charge is 2.26. The standard InChI is InChI=1S/C17H19N3O4/c18-15(21)16(22)19-10-11-5-7-20(8-6-11)17(23)14-9-12-3-1-2-4-13(12)24-14/h1-4,9,11H,5-8,10H2,(H2,18,21)(H,19,22). The minimum absolute atomic E-state index is 0.120. The van der Waals surface area contributed by atoms with Gasteiger partial charge >= 0.3 is 11.8 Å². The first kappa shape index (κ1) is 16.0. The number of likely N-dealkylation sites (tertiary alicyclic amines) is 1. The first-order valence-electron chi connectivity index (χ1n) is 7.90. The van der Waals surface area contributed by atoms with Gasteiger partial charge in [-0.25, -0.2) is 0 Å². The maximum absolute atomic E-state index is 12.5. The number of carbonyl (C=O) groups excluding carboxylic acids is 3. The van der Waals surface area contributed by atoms with E-state index in [0.717, 1.165) is 18.2 Å². The number of primary amides is 1. The van der Waals surface area contributed by atoms with Crippen LogP contribution >= 0.6 is 0 Å². The van der Waals surface area contributed by atoms with Gasteiger partial charge in [-0.1, -0.05) is 18.2 Å². The molecule has 0 unspecified atom stereocenters. The number of hydrogen-bond donors (Lipinski definition) is 2. The summed E-state index contributed by atoms with van der Waals surface area (Å²) in [7, 11) is 0. The fourth-order valence-electron chi connectivity index (χ4n) is 2.91. The lowest BCUT2D eigenvalue weighted by Crippen LogP contribution is -2.43. The predicted molar refractivity (Wildman–Crippen MR) is 87.0 cm³/mol. The van der Waals surface area contributed by atoms with Gasteiger partial charge in [0.2, 0.25) is 0 Å². The van der Waals surface area contributed by atoms with Gasteiger partial charge in [0, 0.05) is 25.0 Å². The maximum Gasteiger partial charge on any atom is 0.309 e. The van der Waals surface area contributed by atoms with Gasteiger partial charge < -0.3 is 20.4 Å². The summed E-state index contributed by atoms with van der Waals surface area (Å²) in [5.74, 6) is -1.29. The van der Waals surface area contributed by atoms with Gasteiger partial charge in [-0.15, -0.1) is 0 Å². The molecule has 1 aromatic heterocycles. The van der Waals surface area contributed by atoms with Crippen molar-refractivity contribution in [3.8, 4) is 0 Å². The number of hydrogen-bond acceptors (Lipinski definition) is 4. The van der Waals surface area contributed by atoms with E-state index in [-0.39, 0.29) is 11.8 Å². The van der Waals surface area contributed by atoms with E-state index >= 15 is 0 Å². The molecule has 0 saturated carbocycles. The monoisotopic (exact) mass is 329 g/mol. The molecule has 7 nitrogen and oxygen atoms in total. The zero-order valence-electron chi connectivity index (χ0n) is 13.2. The quantitative estimate of drug-likeness (QED) is 0.816. The number of nitrogens with one attached hydrogen (secondary N) is 1. The number of piperidine rings is 1. The number of fused-ring (bicyclic) bond motifs is 1. The average Bonchev–Trinajstić information content (AvgIpc) is 3.03. The van der Waals surface area contributed by atoms with Gasteiger partial charge in [-0.2, -0.15) is 0 Å². The Balaban J connectivity index is 1.55. The van der Waals surface area contributed by atoms with Crippen molar-refractivity contribution in [2.24, 2.45) is 11.7 Å². The van der Waals surface area contributed by atoms with Crippen molar-refractivity contribution < 1.29 is 18.8 Å². The van der Waals surface area contributed by atoms with Crippen LogP contribution in [0.3, 0.4) is 0 Å². The zero-order valence-corrected chi connectivity index (χ0v) is 13.2. The molecule has 2 heterocycles. The number of nitrogens with zero attached hydrogens (tertiary/aromatic N) is 1. The summed E-state index contributed by atoms with van der Waals surface area (Å²) >= 11 is 0. The van der Waals surface area contributed by atoms with E-state index in [1.165, 1.54) is 0 Å². The summed E-state index contributed by atoms with van der Waals surface area (Å²) in [6.07, 6.45) is 1.51.